The minimum Gasteiger partial charge on any atom is -0.377 e. The third kappa shape index (κ3) is 5.83. The number of nitrogens with zero attached hydrogens (tertiary/aromatic N) is 3. The Balaban J connectivity index is 1.47. The molecule has 3 aliphatic rings. The molecule has 3 saturated heterocycles. The third-order valence-electron chi connectivity index (χ3n) is 6.58. The van der Waals surface area contributed by atoms with Gasteiger partial charge in [-0.15, -0.1) is 0 Å². The molecular weight excluding hydrogens is 336 g/mol. The van der Waals surface area contributed by atoms with Crippen molar-refractivity contribution in [2.24, 2.45) is 22.2 Å². The molecule has 0 aromatic carbocycles. The Morgan fingerprint density at radius 2 is 1.85 bits per heavy atom. The van der Waals surface area contributed by atoms with E-state index in [1.807, 2.05) is 7.05 Å². The zero-order chi connectivity index (χ0) is 19.3. The Hall–Kier alpha value is -0.810. The molecule has 0 aromatic heterocycles. The van der Waals surface area contributed by atoms with Crippen LogP contribution >= 0.6 is 0 Å². The minimum atomic E-state index is 0.198. The standard InChI is InChI=1S/C22H42N4O/c1-22(2,3)20-19(9-8-14-27-20)15-24-21(23-4)26-13-10-18(17-26)16-25-11-6-5-7-12-25/h18-20H,5-17H2,1-4H3,(H,23,24). The van der Waals surface area contributed by atoms with Gasteiger partial charge in [0, 0.05) is 45.8 Å². The van der Waals surface area contributed by atoms with Gasteiger partial charge in [-0.05, 0) is 56.5 Å². The Morgan fingerprint density at radius 1 is 1.07 bits per heavy atom. The van der Waals surface area contributed by atoms with E-state index < -0.39 is 0 Å². The summed E-state index contributed by atoms with van der Waals surface area (Å²) in [4.78, 5) is 9.76. The molecule has 0 spiro atoms. The summed E-state index contributed by atoms with van der Waals surface area (Å²) < 4.78 is 6.15. The van der Waals surface area contributed by atoms with Crippen molar-refractivity contribution in [3.05, 3.63) is 0 Å². The van der Waals surface area contributed by atoms with E-state index >= 15 is 0 Å². The minimum absolute atomic E-state index is 0.198. The molecule has 3 atom stereocenters. The molecule has 3 heterocycles. The van der Waals surface area contributed by atoms with E-state index in [1.165, 1.54) is 58.2 Å². The lowest BCUT2D eigenvalue weighted by Gasteiger charge is -2.40. The maximum Gasteiger partial charge on any atom is 0.193 e. The number of guanidine groups is 1. The van der Waals surface area contributed by atoms with Crippen LogP contribution in [0.1, 0.15) is 59.3 Å². The van der Waals surface area contributed by atoms with Gasteiger partial charge in [-0.25, -0.2) is 0 Å². The van der Waals surface area contributed by atoms with Crippen LogP contribution in [0.3, 0.4) is 0 Å². The maximum atomic E-state index is 6.15. The van der Waals surface area contributed by atoms with Gasteiger partial charge >= 0.3 is 0 Å². The second kappa shape index (κ2) is 9.60. The van der Waals surface area contributed by atoms with Crippen LogP contribution in [0.2, 0.25) is 0 Å². The third-order valence-corrected chi connectivity index (χ3v) is 6.58. The van der Waals surface area contributed by atoms with Crippen molar-refractivity contribution < 1.29 is 4.74 Å². The van der Waals surface area contributed by atoms with Gasteiger partial charge in [0.15, 0.2) is 5.96 Å². The summed E-state index contributed by atoms with van der Waals surface area (Å²) in [7, 11) is 1.93. The van der Waals surface area contributed by atoms with E-state index in [2.05, 4.69) is 40.9 Å². The quantitative estimate of drug-likeness (QED) is 0.602. The van der Waals surface area contributed by atoms with E-state index in [0.29, 0.717) is 12.0 Å². The predicted octanol–water partition coefficient (Wildman–Crippen LogP) is 3.21. The van der Waals surface area contributed by atoms with Crippen molar-refractivity contribution in [2.75, 3.05) is 52.9 Å². The number of rotatable bonds is 4. The van der Waals surface area contributed by atoms with Gasteiger partial charge in [0.1, 0.15) is 0 Å². The van der Waals surface area contributed by atoms with Crippen molar-refractivity contribution in [3.8, 4) is 0 Å². The molecule has 5 nitrogen and oxygen atoms in total. The topological polar surface area (TPSA) is 40.1 Å². The Morgan fingerprint density at radius 3 is 2.56 bits per heavy atom. The molecule has 3 aliphatic heterocycles. The first-order valence-corrected chi connectivity index (χ1v) is 11.3. The number of hydrogen-bond acceptors (Lipinski definition) is 3. The lowest BCUT2D eigenvalue weighted by Crippen LogP contribution is -2.48. The first-order valence-electron chi connectivity index (χ1n) is 11.3. The van der Waals surface area contributed by atoms with Crippen LogP contribution in [0.4, 0.5) is 0 Å². The number of ether oxygens (including phenoxy) is 1. The molecule has 0 saturated carbocycles. The average molecular weight is 379 g/mol. The van der Waals surface area contributed by atoms with E-state index in [4.69, 9.17) is 4.74 Å². The van der Waals surface area contributed by atoms with Gasteiger partial charge in [-0.3, -0.25) is 4.99 Å². The average Bonchev–Trinajstić information content (AvgIpc) is 3.11. The summed E-state index contributed by atoms with van der Waals surface area (Å²) >= 11 is 0. The lowest BCUT2D eigenvalue weighted by atomic mass is 9.78. The lowest BCUT2D eigenvalue weighted by molar-refractivity contribution is -0.0836. The summed E-state index contributed by atoms with van der Waals surface area (Å²) in [5.41, 5.74) is 0.198. The molecule has 0 aliphatic carbocycles. The van der Waals surface area contributed by atoms with Crippen LogP contribution in [0, 0.1) is 17.3 Å². The zero-order valence-electron chi connectivity index (χ0n) is 18.2. The number of piperidine rings is 1. The Labute approximate surface area is 166 Å². The highest BCUT2D eigenvalue weighted by Gasteiger charge is 2.36. The first-order chi connectivity index (χ1) is 13.0. The van der Waals surface area contributed by atoms with Crippen LogP contribution in [0.15, 0.2) is 4.99 Å². The predicted molar refractivity (Wildman–Crippen MR) is 113 cm³/mol. The summed E-state index contributed by atoms with van der Waals surface area (Å²) in [5, 5.41) is 3.69. The van der Waals surface area contributed by atoms with Crippen LogP contribution in [0.5, 0.6) is 0 Å². The molecule has 3 unspecified atom stereocenters. The van der Waals surface area contributed by atoms with Gasteiger partial charge in [-0.1, -0.05) is 27.2 Å². The second-order valence-corrected chi connectivity index (χ2v) is 9.95. The fraction of sp³-hybridized carbons (Fsp3) is 0.955. The van der Waals surface area contributed by atoms with Crippen molar-refractivity contribution in [3.63, 3.8) is 0 Å². The highest BCUT2D eigenvalue weighted by Crippen LogP contribution is 2.33. The van der Waals surface area contributed by atoms with Crippen LogP contribution < -0.4 is 5.32 Å². The van der Waals surface area contributed by atoms with E-state index in [0.717, 1.165) is 38.1 Å². The molecule has 3 rings (SSSR count). The van der Waals surface area contributed by atoms with E-state index in [-0.39, 0.29) is 5.41 Å². The van der Waals surface area contributed by atoms with Crippen molar-refractivity contribution in [2.45, 2.75) is 65.4 Å². The molecular formula is C22H42N4O. The zero-order valence-corrected chi connectivity index (χ0v) is 18.2. The van der Waals surface area contributed by atoms with Crippen molar-refractivity contribution >= 4 is 5.96 Å². The van der Waals surface area contributed by atoms with Gasteiger partial charge in [0.2, 0.25) is 0 Å². The van der Waals surface area contributed by atoms with Crippen molar-refractivity contribution in [1.82, 2.24) is 15.1 Å². The SMILES string of the molecule is CN=C(NCC1CCCOC1C(C)(C)C)N1CCC(CN2CCCCC2)C1. The molecule has 0 amide bonds. The first kappa shape index (κ1) is 20.9. The number of aliphatic imine (C=N–C) groups is 1. The summed E-state index contributed by atoms with van der Waals surface area (Å²) in [6.45, 7) is 15.0. The normalized spacial score (nSPS) is 31.3. The van der Waals surface area contributed by atoms with Crippen LogP contribution in [0.25, 0.3) is 0 Å². The maximum absolute atomic E-state index is 6.15. The Bertz CT molecular complexity index is 481. The molecule has 27 heavy (non-hydrogen) atoms. The van der Waals surface area contributed by atoms with Gasteiger partial charge < -0.3 is 19.9 Å². The molecule has 0 radical (unpaired) electrons. The number of nitrogens with one attached hydrogen (secondary N) is 1. The highest BCUT2D eigenvalue weighted by molar-refractivity contribution is 5.80. The molecule has 0 aromatic rings. The number of hydrogen-bond donors (Lipinski definition) is 1. The van der Waals surface area contributed by atoms with Crippen LogP contribution in [-0.2, 0) is 4.74 Å². The van der Waals surface area contributed by atoms with Crippen molar-refractivity contribution in [1.29, 1.82) is 0 Å². The monoisotopic (exact) mass is 378 g/mol. The highest BCUT2D eigenvalue weighted by atomic mass is 16.5. The fourth-order valence-electron chi connectivity index (χ4n) is 5.25. The van der Waals surface area contributed by atoms with Gasteiger partial charge in [-0.2, -0.15) is 0 Å². The molecule has 0 bridgehead atoms. The van der Waals surface area contributed by atoms with E-state index in [9.17, 15) is 0 Å². The number of likely N-dealkylation sites (tertiary alicyclic amines) is 2. The second-order valence-electron chi connectivity index (χ2n) is 9.95. The van der Waals surface area contributed by atoms with Crippen LogP contribution in [-0.4, -0.2) is 74.8 Å². The fourth-order valence-corrected chi connectivity index (χ4v) is 5.25. The largest absolute Gasteiger partial charge is 0.377 e. The summed E-state index contributed by atoms with van der Waals surface area (Å²) in [6, 6.07) is 0. The smallest absolute Gasteiger partial charge is 0.193 e. The summed E-state index contributed by atoms with van der Waals surface area (Å²) in [5.74, 6) is 2.46. The Kier molecular flexibility index (Phi) is 7.43. The van der Waals surface area contributed by atoms with Gasteiger partial charge in [0.25, 0.3) is 0 Å². The van der Waals surface area contributed by atoms with E-state index in [1.54, 1.807) is 0 Å². The van der Waals surface area contributed by atoms with Gasteiger partial charge in [0.05, 0.1) is 6.10 Å². The molecule has 156 valence electrons. The molecule has 3 fully saturated rings. The molecule has 5 heteroatoms. The molecule has 1 N–H and O–H groups in total. The summed E-state index contributed by atoms with van der Waals surface area (Å²) in [6.07, 6.45) is 8.26.